The molecule has 3 aromatic rings. The van der Waals surface area contributed by atoms with Crippen LogP contribution in [-0.4, -0.2) is 17.0 Å². The molecule has 0 bridgehead atoms. The SMILES string of the molecule is C1=Cc2ccccc2C1.CC(C)CCC(=O)OC1c2ccccc2CC1Cc1ccc(C(=O)O)cc1. The van der Waals surface area contributed by atoms with Crippen molar-refractivity contribution in [2.24, 2.45) is 11.8 Å². The van der Waals surface area contributed by atoms with Crippen LogP contribution in [0.1, 0.15) is 71.0 Å². The molecule has 0 saturated carbocycles. The number of esters is 1. The Balaban J connectivity index is 0.000000280. The summed E-state index contributed by atoms with van der Waals surface area (Å²) >= 11 is 0. The topological polar surface area (TPSA) is 63.6 Å². The van der Waals surface area contributed by atoms with Crippen molar-refractivity contribution in [1.29, 1.82) is 0 Å². The van der Waals surface area contributed by atoms with Crippen molar-refractivity contribution in [2.75, 3.05) is 0 Å². The third-order valence-corrected chi connectivity index (χ3v) is 6.85. The van der Waals surface area contributed by atoms with Gasteiger partial charge in [-0.2, -0.15) is 0 Å². The van der Waals surface area contributed by atoms with E-state index in [1.807, 2.05) is 30.3 Å². The first-order chi connectivity index (χ1) is 17.4. The number of hydrogen-bond donors (Lipinski definition) is 1. The van der Waals surface area contributed by atoms with Crippen molar-refractivity contribution in [3.8, 4) is 0 Å². The number of hydrogen-bond acceptors (Lipinski definition) is 3. The highest BCUT2D eigenvalue weighted by molar-refractivity contribution is 5.87. The van der Waals surface area contributed by atoms with Gasteiger partial charge in [-0.1, -0.05) is 86.7 Å². The number of benzene rings is 3. The van der Waals surface area contributed by atoms with Gasteiger partial charge >= 0.3 is 11.9 Å². The van der Waals surface area contributed by atoms with E-state index in [0.29, 0.717) is 12.3 Å². The molecule has 0 aromatic heterocycles. The van der Waals surface area contributed by atoms with E-state index in [0.717, 1.165) is 36.8 Å². The highest BCUT2D eigenvalue weighted by atomic mass is 16.5. The Morgan fingerprint density at radius 1 is 0.944 bits per heavy atom. The lowest BCUT2D eigenvalue weighted by molar-refractivity contribution is -0.152. The lowest BCUT2D eigenvalue weighted by atomic mass is 9.94. The molecular weight excluding hydrogens is 448 g/mol. The summed E-state index contributed by atoms with van der Waals surface area (Å²) < 4.78 is 5.90. The molecule has 0 fully saturated rings. The minimum Gasteiger partial charge on any atom is -0.478 e. The smallest absolute Gasteiger partial charge is 0.335 e. The van der Waals surface area contributed by atoms with Gasteiger partial charge in [-0.15, -0.1) is 0 Å². The highest BCUT2D eigenvalue weighted by Crippen LogP contribution is 2.40. The maximum atomic E-state index is 12.3. The van der Waals surface area contributed by atoms with E-state index in [9.17, 15) is 9.59 Å². The molecule has 0 amide bonds. The van der Waals surface area contributed by atoms with Crippen LogP contribution in [-0.2, 0) is 28.8 Å². The Labute approximate surface area is 213 Å². The van der Waals surface area contributed by atoms with Gasteiger partial charge in [0.05, 0.1) is 5.56 Å². The van der Waals surface area contributed by atoms with Crippen LogP contribution in [0.25, 0.3) is 6.08 Å². The molecule has 36 heavy (non-hydrogen) atoms. The predicted molar refractivity (Wildman–Crippen MR) is 143 cm³/mol. The Morgan fingerprint density at radius 2 is 1.64 bits per heavy atom. The number of rotatable bonds is 7. The molecule has 4 heteroatoms. The number of carbonyl (C=O) groups excluding carboxylic acids is 1. The Bertz CT molecular complexity index is 1220. The van der Waals surface area contributed by atoms with E-state index < -0.39 is 5.97 Å². The number of ether oxygens (including phenoxy) is 1. The summed E-state index contributed by atoms with van der Waals surface area (Å²) in [6, 6.07) is 23.6. The number of carboxylic acids is 1. The lowest BCUT2D eigenvalue weighted by Crippen LogP contribution is -2.18. The largest absolute Gasteiger partial charge is 0.478 e. The van der Waals surface area contributed by atoms with E-state index in [1.54, 1.807) is 12.1 Å². The van der Waals surface area contributed by atoms with Gasteiger partial charge in [0, 0.05) is 12.3 Å². The summed E-state index contributed by atoms with van der Waals surface area (Å²) in [6.07, 6.45) is 8.14. The third kappa shape index (κ3) is 6.51. The summed E-state index contributed by atoms with van der Waals surface area (Å²) in [4.78, 5) is 23.4. The second-order valence-corrected chi connectivity index (χ2v) is 10.0. The molecule has 0 saturated heterocycles. The molecule has 4 nitrogen and oxygen atoms in total. The van der Waals surface area contributed by atoms with Gasteiger partial charge in [-0.25, -0.2) is 4.79 Å². The standard InChI is InChI=1S/C23H26O4.C9H8/c1-15(2)7-12-21(24)27-22-19(14-18-5-3-4-6-20(18)22)13-16-8-10-17(11-9-16)23(25)26;1-2-5-9-7-3-6-8(9)4-1/h3-6,8-11,15,19,22H,7,12-14H2,1-2H3,(H,25,26);1-6H,7H2. The highest BCUT2D eigenvalue weighted by Gasteiger charge is 2.35. The van der Waals surface area contributed by atoms with Crippen molar-refractivity contribution >= 4 is 18.0 Å². The average molecular weight is 483 g/mol. The molecule has 0 radical (unpaired) electrons. The number of carboxylic acid groups (broad SMARTS) is 1. The van der Waals surface area contributed by atoms with E-state index in [1.165, 1.54) is 16.7 Å². The fourth-order valence-electron chi connectivity index (χ4n) is 4.87. The molecule has 2 unspecified atom stereocenters. The molecule has 1 N–H and O–H groups in total. The fraction of sp³-hybridized carbons (Fsp3) is 0.312. The molecule has 2 aliphatic carbocycles. The van der Waals surface area contributed by atoms with Crippen LogP contribution in [0, 0.1) is 11.8 Å². The summed E-state index contributed by atoms with van der Waals surface area (Å²) in [5, 5.41) is 9.05. The van der Waals surface area contributed by atoms with Crippen molar-refractivity contribution in [3.05, 3.63) is 112 Å². The summed E-state index contributed by atoms with van der Waals surface area (Å²) in [5.41, 5.74) is 6.51. The van der Waals surface area contributed by atoms with Gasteiger partial charge in [0.1, 0.15) is 6.10 Å². The molecule has 0 aliphatic heterocycles. The minimum absolute atomic E-state index is 0.142. The number of carbonyl (C=O) groups is 2. The summed E-state index contributed by atoms with van der Waals surface area (Å²) in [5.74, 6) is -0.429. The Hall–Kier alpha value is -3.66. The van der Waals surface area contributed by atoms with Crippen LogP contribution in [0.4, 0.5) is 0 Å². The maximum absolute atomic E-state index is 12.3. The molecule has 0 heterocycles. The first-order valence-electron chi connectivity index (χ1n) is 12.7. The zero-order valence-corrected chi connectivity index (χ0v) is 21.0. The van der Waals surface area contributed by atoms with Gasteiger partial charge in [0.25, 0.3) is 0 Å². The van der Waals surface area contributed by atoms with Crippen molar-refractivity contribution in [1.82, 2.24) is 0 Å². The number of allylic oxidation sites excluding steroid dienone is 1. The van der Waals surface area contributed by atoms with Gasteiger partial charge < -0.3 is 9.84 Å². The van der Waals surface area contributed by atoms with E-state index in [-0.39, 0.29) is 23.6 Å². The van der Waals surface area contributed by atoms with Gasteiger partial charge in [0.15, 0.2) is 0 Å². The molecule has 2 atom stereocenters. The van der Waals surface area contributed by atoms with E-state index >= 15 is 0 Å². The third-order valence-electron chi connectivity index (χ3n) is 6.85. The minimum atomic E-state index is -0.924. The van der Waals surface area contributed by atoms with Gasteiger partial charge in [-0.05, 0) is 71.6 Å². The van der Waals surface area contributed by atoms with Gasteiger partial charge in [-0.3, -0.25) is 4.79 Å². The monoisotopic (exact) mass is 482 g/mol. The zero-order valence-electron chi connectivity index (χ0n) is 21.0. The second kappa shape index (κ2) is 11.9. The normalized spacial score (nSPS) is 17.2. The first-order valence-corrected chi connectivity index (χ1v) is 12.7. The van der Waals surface area contributed by atoms with Crippen LogP contribution < -0.4 is 0 Å². The van der Waals surface area contributed by atoms with E-state index in [2.05, 4.69) is 56.3 Å². The summed E-state index contributed by atoms with van der Waals surface area (Å²) in [6.45, 7) is 4.20. The van der Waals surface area contributed by atoms with Crippen LogP contribution in [0.15, 0.2) is 78.9 Å². The molecule has 0 spiro atoms. The number of aromatic carboxylic acids is 1. The van der Waals surface area contributed by atoms with Crippen LogP contribution in [0.5, 0.6) is 0 Å². The summed E-state index contributed by atoms with van der Waals surface area (Å²) in [7, 11) is 0. The molecular formula is C32H34O4. The molecule has 3 aromatic carbocycles. The van der Waals surface area contributed by atoms with Crippen LogP contribution in [0.3, 0.4) is 0 Å². The zero-order chi connectivity index (χ0) is 25.5. The van der Waals surface area contributed by atoms with Gasteiger partial charge in [0.2, 0.25) is 0 Å². The predicted octanol–water partition coefficient (Wildman–Crippen LogP) is 7.08. The van der Waals surface area contributed by atoms with Crippen molar-refractivity contribution in [2.45, 2.75) is 52.1 Å². The fourth-order valence-corrected chi connectivity index (χ4v) is 4.87. The Kier molecular flexibility index (Phi) is 8.37. The number of fused-ring (bicyclic) bond motifs is 2. The lowest BCUT2D eigenvalue weighted by Gasteiger charge is -2.21. The molecule has 5 rings (SSSR count). The Morgan fingerprint density at radius 3 is 2.33 bits per heavy atom. The second-order valence-electron chi connectivity index (χ2n) is 10.0. The quantitative estimate of drug-likeness (QED) is 0.366. The first kappa shape index (κ1) is 25.4. The molecule has 186 valence electrons. The van der Waals surface area contributed by atoms with E-state index in [4.69, 9.17) is 9.84 Å². The maximum Gasteiger partial charge on any atom is 0.335 e. The molecule has 2 aliphatic rings. The van der Waals surface area contributed by atoms with Crippen LogP contribution in [0.2, 0.25) is 0 Å². The average Bonchev–Trinajstić information content (AvgIpc) is 3.48. The van der Waals surface area contributed by atoms with Crippen molar-refractivity contribution in [3.63, 3.8) is 0 Å². The van der Waals surface area contributed by atoms with Crippen molar-refractivity contribution < 1.29 is 19.4 Å². The van der Waals surface area contributed by atoms with Crippen LogP contribution >= 0.6 is 0 Å².